The summed E-state index contributed by atoms with van der Waals surface area (Å²) in [4.78, 5) is 22.6. The van der Waals surface area contributed by atoms with Gasteiger partial charge in [-0.3, -0.25) is 14.9 Å². The Balaban J connectivity index is 2.95. The number of nitrogens with one attached hydrogen (secondary N) is 1. The molecule has 6 heteroatoms. The van der Waals surface area contributed by atoms with Gasteiger partial charge in [-0.25, -0.2) is 0 Å². The van der Waals surface area contributed by atoms with Crippen LogP contribution in [-0.2, 0) is 4.79 Å². The first kappa shape index (κ1) is 16.9. The summed E-state index contributed by atoms with van der Waals surface area (Å²) < 4.78 is 5.14. The van der Waals surface area contributed by atoms with E-state index in [1.54, 1.807) is 0 Å². The highest BCUT2D eigenvalue weighted by Crippen LogP contribution is 2.29. The molecule has 6 nitrogen and oxygen atoms in total. The van der Waals surface area contributed by atoms with Crippen molar-refractivity contribution >= 4 is 17.3 Å². The van der Waals surface area contributed by atoms with Gasteiger partial charge in [0.15, 0.2) is 0 Å². The molecule has 0 bridgehead atoms. The second-order valence-corrected chi connectivity index (χ2v) is 4.91. The van der Waals surface area contributed by atoms with Gasteiger partial charge in [0, 0.05) is 18.1 Å². The van der Waals surface area contributed by atoms with Gasteiger partial charge in [-0.2, -0.15) is 0 Å². The van der Waals surface area contributed by atoms with Gasteiger partial charge in [-0.05, 0) is 18.9 Å². The fourth-order valence-electron chi connectivity index (χ4n) is 2.25. The largest absolute Gasteiger partial charge is 0.495 e. The molecule has 0 heterocycles. The summed E-state index contributed by atoms with van der Waals surface area (Å²) >= 11 is 0. The van der Waals surface area contributed by atoms with E-state index in [0.29, 0.717) is 11.4 Å². The number of benzene rings is 1. The van der Waals surface area contributed by atoms with Crippen molar-refractivity contribution in [3.63, 3.8) is 0 Å². The highest BCUT2D eigenvalue weighted by molar-refractivity contribution is 5.94. The van der Waals surface area contributed by atoms with E-state index >= 15 is 0 Å². The SMILES string of the molecule is CCCC(CCC)C(=O)Nc1cc([N+](=O)[O-])ccc1OC. The average Bonchev–Trinajstić information content (AvgIpc) is 2.46. The number of ether oxygens (including phenoxy) is 1. The first-order valence-corrected chi connectivity index (χ1v) is 7.16. The maximum absolute atomic E-state index is 12.3. The maximum atomic E-state index is 12.3. The highest BCUT2D eigenvalue weighted by atomic mass is 16.6. The van der Waals surface area contributed by atoms with Gasteiger partial charge in [-0.15, -0.1) is 0 Å². The summed E-state index contributed by atoms with van der Waals surface area (Å²) in [6.45, 7) is 4.06. The van der Waals surface area contributed by atoms with Crippen LogP contribution in [0, 0.1) is 16.0 Å². The van der Waals surface area contributed by atoms with E-state index in [9.17, 15) is 14.9 Å². The van der Waals surface area contributed by atoms with Crippen LogP contribution in [0.2, 0.25) is 0 Å². The molecule has 0 unspecified atom stereocenters. The summed E-state index contributed by atoms with van der Waals surface area (Å²) in [5, 5.41) is 13.6. The number of nitro benzene ring substituents is 1. The molecule has 0 atom stereocenters. The van der Waals surface area contributed by atoms with Crippen LogP contribution in [0.15, 0.2) is 18.2 Å². The fraction of sp³-hybridized carbons (Fsp3) is 0.533. The summed E-state index contributed by atoms with van der Waals surface area (Å²) in [6.07, 6.45) is 3.45. The van der Waals surface area contributed by atoms with Gasteiger partial charge in [0.05, 0.1) is 17.7 Å². The third kappa shape index (κ3) is 4.73. The number of methoxy groups -OCH3 is 1. The van der Waals surface area contributed by atoms with E-state index in [1.807, 2.05) is 13.8 Å². The molecule has 1 aromatic carbocycles. The van der Waals surface area contributed by atoms with Crippen LogP contribution < -0.4 is 10.1 Å². The van der Waals surface area contributed by atoms with Gasteiger partial charge in [0.1, 0.15) is 5.75 Å². The molecule has 1 N–H and O–H groups in total. The smallest absolute Gasteiger partial charge is 0.271 e. The van der Waals surface area contributed by atoms with E-state index in [2.05, 4.69) is 5.32 Å². The minimum absolute atomic E-state index is 0.0753. The molecule has 1 amide bonds. The summed E-state index contributed by atoms with van der Waals surface area (Å²) in [6, 6.07) is 4.16. The minimum atomic E-state index is -0.495. The van der Waals surface area contributed by atoms with Gasteiger partial charge in [-0.1, -0.05) is 26.7 Å². The Morgan fingerprint density at radius 3 is 2.43 bits per heavy atom. The zero-order valence-electron chi connectivity index (χ0n) is 12.7. The Bertz CT molecular complexity index is 496. The number of amides is 1. The van der Waals surface area contributed by atoms with Crippen LogP contribution in [0.4, 0.5) is 11.4 Å². The molecule has 116 valence electrons. The van der Waals surface area contributed by atoms with Gasteiger partial charge >= 0.3 is 0 Å². The molecular formula is C15H22N2O4. The molecule has 0 spiro atoms. The third-order valence-electron chi connectivity index (χ3n) is 3.30. The van der Waals surface area contributed by atoms with Crippen molar-refractivity contribution in [3.05, 3.63) is 28.3 Å². The minimum Gasteiger partial charge on any atom is -0.495 e. The van der Waals surface area contributed by atoms with Crippen molar-refractivity contribution in [1.82, 2.24) is 0 Å². The van der Waals surface area contributed by atoms with E-state index in [0.717, 1.165) is 25.7 Å². The number of hydrogen-bond donors (Lipinski definition) is 1. The lowest BCUT2D eigenvalue weighted by atomic mass is 9.97. The predicted octanol–water partition coefficient (Wildman–Crippen LogP) is 3.76. The molecule has 0 aliphatic rings. The molecule has 0 saturated heterocycles. The van der Waals surface area contributed by atoms with Crippen LogP contribution >= 0.6 is 0 Å². The number of anilines is 1. The average molecular weight is 294 g/mol. The number of nitro groups is 1. The molecule has 0 aromatic heterocycles. The lowest BCUT2D eigenvalue weighted by Gasteiger charge is -2.16. The molecule has 0 aliphatic heterocycles. The molecule has 0 aliphatic carbocycles. The van der Waals surface area contributed by atoms with E-state index in [4.69, 9.17) is 4.74 Å². The lowest BCUT2D eigenvalue weighted by Crippen LogP contribution is -2.23. The van der Waals surface area contributed by atoms with Crippen molar-refractivity contribution in [2.45, 2.75) is 39.5 Å². The molecular weight excluding hydrogens is 272 g/mol. The van der Waals surface area contributed by atoms with Crippen molar-refractivity contribution in [2.75, 3.05) is 12.4 Å². The number of carbonyl (C=O) groups is 1. The Hall–Kier alpha value is -2.11. The first-order chi connectivity index (χ1) is 10.0. The highest BCUT2D eigenvalue weighted by Gasteiger charge is 2.19. The van der Waals surface area contributed by atoms with Crippen molar-refractivity contribution in [3.8, 4) is 5.75 Å². The van der Waals surface area contributed by atoms with Crippen LogP contribution in [0.25, 0.3) is 0 Å². The first-order valence-electron chi connectivity index (χ1n) is 7.16. The van der Waals surface area contributed by atoms with Crippen molar-refractivity contribution < 1.29 is 14.5 Å². The zero-order valence-corrected chi connectivity index (χ0v) is 12.7. The quantitative estimate of drug-likeness (QED) is 0.584. The number of nitrogens with zero attached hydrogens (tertiary/aromatic N) is 1. The molecule has 21 heavy (non-hydrogen) atoms. The van der Waals surface area contributed by atoms with E-state index < -0.39 is 4.92 Å². The van der Waals surface area contributed by atoms with E-state index in [-0.39, 0.29) is 17.5 Å². The Kier molecular flexibility index (Phi) is 6.65. The van der Waals surface area contributed by atoms with Crippen molar-refractivity contribution in [2.24, 2.45) is 5.92 Å². The number of carbonyl (C=O) groups excluding carboxylic acids is 1. The summed E-state index contributed by atoms with van der Waals surface area (Å²) in [5.74, 6) is 0.224. The summed E-state index contributed by atoms with van der Waals surface area (Å²) in [7, 11) is 1.46. The number of non-ortho nitro benzene ring substituents is 1. The Morgan fingerprint density at radius 1 is 1.33 bits per heavy atom. The number of rotatable bonds is 8. The third-order valence-corrected chi connectivity index (χ3v) is 3.30. The zero-order chi connectivity index (χ0) is 15.8. The van der Waals surface area contributed by atoms with Gasteiger partial charge < -0.3 is 10.1 Å². The molecule has 0 saturated carbocycles. The fourth-order valence-corrected chi connectivity index (χ4v) is 2.25. The summed E-state index contributed by atoms with van der Waals surface area (Å²) in [5.41, 5.74) is 0.266. The van der Waals surface area contributed by atoms with Crippen LogP contribution in [0.1, 0.15) is 39.5 Å². The predicted molar refractivity (Wildman–Crippen MR) is 81.6 cm³/mol. The maximum Gasteiger partial charge on any atom is 0.271 e. The second kappa shape index (κ2) is 8.24. The van der Waals surface area contributed by atoms with Gasteiger partial charge in [0.2, 0.25) is 5.91 Å². The Labute approximate surface area is 124 Å². The molecule has 0 fully saturated rings. The monoisotopic (exact) mass is 294 g/mol. The van der Waals surface area contributed by atoms with E-state index in [1.165, 1.54) is 25.3 Å². The van der Waals surface area contributed by atoms with Gasteiger partial charge in [0.25, 0.3) is 5.69 Å². The molecule has 0 radical (unpaired) electrons. The molecule has 1 rings (SSSR count). The second-order valence-electron chi connectivity index (χ2n) is 4.91. The van der Waals surface area contributed by atoms with Crippen molar-refractivity contribution in [1.29, 1.82) is 0 Å². The van der Waals surface area contributed by atoms with Crippen LogP contribution in [0.5, 0.6) is 5.75 Å². The standard InChI is InChI=1S/C15H22N2O4/c1-4-6-11(7-5-2)15(18)16-13-10-12(17(19)20)8-9-14(13)21-3/h8-11H,4-7H2,1-3H3,(H,16,18). The molecule has 1 aromatic rings. The topological polar surface area (TPSA) is 81.5 Å². The van der Waals surface area contributed by atoms with Crippen LogP contribution in [-0.4, -0.2) is 17.9 Å². The Morgan fingerprint density at radius 2 is 1.95 bits per heavy atom. The van der Waals surface area contributed by atoms with Crippen LogP contribution in [0.3, 0.4) is 0 Å². The lowest BCUT2D eigenvalue weighted by molar-refractivity contribution is -0.384. The number of hydrogen-bond acceptors (Lipinski definition) is 4. The normalized spacial score (nSPS) is 10.5.